The quantitative estimate of drug-likeness (QED) is 0.292. The molecule has 6 N–H and O–H groups in total. The van der Waals surface area contributed by atoms with Gasteiger partial charge in [-0.1, -0.05) is 0 Å². The second-order valence-corrected chi connectivity index (χ2v) is 7.50. The van der Waals surface area contributed by atoms with E-state index in [1.54, 1.807) is 0 Å². The minimum atomic E-state index is -1.93. The van der Waals surface area contributed by atoms with Gasteiger partial charge in [-0.05, 0) is 24.3 Å². The Hall–Kier alpha value is -3.84. The zero-order valence-corrected chi connectivity index (χ0v) is 17.5. The van der Waals surface area contributed by atoms with Gasteiger partial charge in [0.1, 0.15) is 40.8 Å². The van der Waals surface area contributed by atoms with Crippen molar-refractivity contribution in [2.45, 2.75) is 30.7 Å². The number of aromatic hydroxyl groups is 2. The van der Waals surface area contributed by atoms with Crippen molar-refractivity contribution in [3.05, 3.63) is 46.6 Å². The zero-order chi connectivity index (χ0) is 24.7. The highest BCUT2D eigenvalue weighted by Gasteiger charge is 2.48. The summed E-state index contributed by atoms with van der Waals surface area (Å²) in [4.78, 5) is 24.1. The maximum Gasteiger partial charge on any atom is 0.335 e. The first-order chi connectivity index (χ1) is 16.1. The van der Waals surface area contributed by atoms with Crippen LogP contribution < -0.4 is 14.9 Å². The molecule has 3 aromatic rings. The number of carbonyl (C=O) groups is 1. The molecule has 0 amide bonds. The molecule has 4 rings (SSSR count). The predicted octanol–water partition coefficient (Wildman–Crippen LogP) is 0.151. The van der Waals surface area contributed by atoms with Crippen molar-refractivity contribution in [2.24, 2.45) is 0 Å². The highest BCUT2D eigenvalue weighted by Crippen LogP contribution is 2.43. The second-order valence-electron chi connectivity index (χ2n) is 7.50. The fraction of sp³-hybridized carbons (Fsp3) is 0.273. The minimum absolute atomic E-state index is 0.00274. The number of fused-ring (bicyclic) bond motifs is 1. The molecule has 180 valence electrons. The molecule has 1 saturated heterocycles. The summed E-state index contributed by atoms with van der Waals surface area (Å²) in [5.74, 6) is -2.81. The van der Waals surface area contributed by atoms with Crippen molar-refractivity contribution in [2.75, 3.05) is 7.11 Å². The largest absolute Gasteiger partial charge is 0.508 e. The lowest BCUT2D eigenvalue weighted by atomic mass is 9.99. The number of phenolic OH excluding ortho intramolecular Hbond substituents is 2. The lowest BCUT2D eigenvalue weighted by Crippen LogP contribution is -2.61. The molecule has 0 unspecified atom stereocenters. The molecule has 12 heteroatoms. The molecular formula is C22H20O12. The lowest BCUT2D eigenvalue weighted by molar-refractivity contribution is -0.271. The van der Waals surface area contributed by atoms with Crippen LogP contribution in [0.1, 0.15) is 0 Å². The van der Waals surface area contributed by atoms with Gasteiger partial charge in [-0.25, -0.2) is 4.79 Å². The van der Waals surface area contributed by atoms with Crippen LogP contribution in [-0.2, 0) is 9.53 Å². The van der Waals surface area contributed by atoms with E-state index in [1.165, 1.54) is 24.3 Å². The number of aliphatic hydroxyl groups is 3. The number of carboxylic acids is 1. The van der Waals surface area contributed by atoms with E-state index in [0.717, 1.165) is 19.2 Å². The van der Waals surface area contributed by atoms with Crippen molar-refractivity contribution in [1.82, 2.24) is 0 Å². The van der Waals surface area contributed by atoms with Gasteiger partial charge < -0.3 is 49.3 Å². The first kappa shape index (κ1) is 23.3. The van der Waals surface area contributed by atoms with Crippen molar-refractivity contribution in [3.8, 4) is 34.3 Å². The van der Waals surface area contributed by atoms with E-state index in [-0.39, 0.29) is 34.0 Å². The second kappa shape index (κ2) is 8.83. The maximum atomic E-state index is 12.7. The highest BCUT2D eigenvalue weighted by atomic mass is 16.7. The van der Waals surface area contributed by atoms with Crippen molar-refractivity contribution >= 4 is 16.9 Å². The Morgan fingerprint density at radius 3 is 2.29 bits per heavy atom. The summed E-state index contributed by atoms with van der Waals surface area (Å²) in [5, 5.41) is 59.1. The molecule has 0 radical (unpaired) electrons. The van der Waals surface area contributed by atoms with Gasteiger partial charge in [0.05, 0.1) is 7.11 Å². The van der Waals surface area contributed by atoms with Gasteiger partial charge in [0.15, 0.2) is 23.0 Å². The van der Waals surface area contributed by atoms with Crippen LogP contribution >= 0.6 is 0 Å². The highest BCUT2D eigenvalue weighted by molar-refractivity contribution is 5.89. The summed E-state index contributed by atoms with van der Waals surface area (Å²) in [7, 11) is 1.16. The monoisotopic (exact) mass is 476 g/mol. The SMILES string of the molecule is COc1c(O[C@@H]2O[C@H](C(=O)O)[C@H](O)[C@H](O)[C@H]2O)cc2oc(-c3ccc(O)cc3)cc(=O)c2c1O. The summed E-state index contributed by atoms with van der Waals surface area (Å²) >= 11 is 0. The number of carboxylic acid groups (broad SMARTS) is 1. The van der Waals surface area contributed by atoms with Crippen LogP contribution in [0.4, 0.5) is 0 Å². The van der Waals surface area contributed by atoms with Crippen LogP contribution in [0, 0.1) is 0 Å². The van der Waals surface area contributed by atoms with Crippen molar-refractivity contribution in [1.29, 1.82) is 0 Å². The van der Waals surface area contributed by atoms with Gasteiger partial charge in [0.2, 0.25) is 12.0 Å². The van der Waals surface area contributed by atoms with E-state index < -0.39 is 47.9 Å². The molecular weight excluding hydrogens is 456 g/mol. The molecule has 0 spiro atoms. The molecule has 1 aliphatic rings. The van der Waals surface area contributed by atoms with E-state index in [0.29, 0.717) is 5.56 Å². The lowest BCUT2D eigenvalue weighted by Gasteiger charge is -2.38. The van der Waals surface area contributed by atoms with E-state index in [4.69, 9.17) is 18.6 Å². The number of methoxy groups -OCH3 is 1. The van der Waals surface area contributed by atoms with Crippen LogP contribution in [0.25, 0.3) is 22.3 Å². The van der Waals surface area contributed by atoms with E-state index in [2.05, 4.69) is 0 Å². The first-order valence-corrected chi connectivity index (χ1v) is 9.88. The van der Waals surface area contributed by atoms with E-state index in [9.17, 15) is 40.2 Å². The number of aliphatic carboxylic acids is 1. The summed E-state index contributed by atoms with van der Waals surface area (Å²) in [6, 6.07) is 8.08. The summed E-state index contributed by atoms with van der Waals surface area (Å²) in [6.07, 6.45) is -9.42. The fourth-order valence-corrected chi connectivity index (χ4v) is 3.59. The smallest absolute Gasteiger partial charge is 0.335 e. The zero-order valence-electron chi connectivity index (χ0n) is 17.5. The van der Waals surface area contributed by atoms with Gasteiger partial charge in [-0.2, -0.15) is 0 Å². The number of hydrogen-bond acceptors (Lipinski definition) is 11. The summed E-state index contributed by atoms with van der Waals surface area (Å²) in [6.45, 7) is 0. The Morgan fingerprint density at radius 2 is 1.68 bits per heavy atom. The van der Waals surface area contributed by atoms with Crippen LogP contribution in [0.15, 0.2) is 45.6 Å². The normalized spacial score (nSPS) is 24.6. The molecule has 0 saturated carbocycles. The molecule has 5 atom stereocenters. The number of benzene rings is 2. The van der Waals surface area contributed by atoms with Gasteiger partial charge in [-0.15, -0.1) is 0 Å². The third-order valence-corrected chi connectivity index (χ3v) is 5.32. The molecule has 1 fully saturated rings. The van der Waals surface area contributed by atoms with Gasteiger partial charge in [-0.3, -0.25) is 4.79 Å². The Labute approximate surface area is 190 Å². The fourth-order valence-electron chi connectivity index (χ4n) is 3.59. The Balaban J connectivity index is 1.80. The third-order valence-electron chi connectivity index (χ3n) is 5.32. The molecule has 1 aliphatic heterocycles. The molecule has 0 aliphatic carbocycles. The molecule has 1 aromatic heterocycles. The molecule has 0 bridgehead atoms. The van der Waals surface area contributed by atoms with Crippen molar-refractivity contribution in [3.63, 3.8) is 0 Å². The van der Waals surface area contributed by atoms with Crippen LogP contribution in [0.5, 0.6) is 23.0 Å². The maximum absolute atomic E-state index is 12.7. The first-order valence-electron chi connectivity index (χ1n) is 9.88. The standard InChI is InChI=1S/C22H20O12/c1-31-19-13(33-22-18(28)16(26)17(27)20(34-22)21(29)30)7-12-14(15(19)25)10(24)6-11(32-12)8-2-4-9(23)5-3-8/h2-7,16-18,20,22-23,25-28H,1H3,(H,29,30)/t16-,17+,18+,20-,22+/m0/s1. The summed E-state index contributed by atoms with van der Waals surface area (Å²) in [5.41, 5.74) is -0.323. The Bertz CT molecular complexity index is 1280. The van der Waals surface area contributed by atoms with Crippen molar-refractivity contribution < 1.29 is 54.1 Å². The minimum Gasteiger partial charge on any atom is -0.508 e. The third kappa shape index (κ3) is 3.99. The number of phenols is 2. The number of hydrogen-bond donors (Lipinski definition) is 6. The van der Waals surface area contributed by atoms with Gasteiger partial charge in [0.25, 0.3) is 0 Å². The van der Waals surface area contributed by atoms with Crippen LogP contribution in [0.2, 0.25) is 0 Å². The van der Waals surface area contributed by atoms with Gasteiger partial charge >= 0.3 is 5.97 Å². The molecule has 12 nitrogen and oxygen atoms in total. The molecule has 2 heterocycles. The predicted molar refractivity (Wildman–Crippen MR) is 113 cm³/mol. The number of ether oxygens (including phenoxy) is 3. The average molecular weight is 476 g/mol. The van der Waals surface area contributed by atoms with Crippen LogP contribution in [0.3, 0.4) is 0 Å². The van der Waals surface area contributed by atoms with Crippen LogP contribution in [-0.4, -0.2) is 74.4 Å². The average Bonchev–Trinajstić information content (AvgIpc) is 2.79. The summed E-state index contributed by atoms with van der Waals surface area (Å²) < 4.78 is 21.4. The topological polar surface area (TPSA) is 196 Å². The Morgan fingerprint density at radius 1 is 1.00 bits per heavy atom. The van der Waals surface area contributed by atoms with Gasteiger partial charge in [0, 0.05) is 17.7 Å². The number of aliphatic hydroxyl groups excluding tert-OH is 3. The number of rotatable bonds is 5. The Kier molecular flexibility index (Phi) is 6.06. The molecule has 34 heavy (non-hydrogen) atoms. The van der Waals surface area contributed by atoms with E-state index in [1.807, 2.05) is 0 Å². The van der Waals surface area contributed by atoms with E-state index >= 15 is 0 Å². The molecule has 2 aromatic carbocycles.